The van der Waals surface area contributed by atoms with Gasteiger partial charge >= 0.3 is 6.61 Å². The molecular formula is C16H12F3NO2. The summed E-state index contributed by atoms with van der Waals surface area (Å²) < 4.78 is 42.2. The highest BCUT2D eigenvalue weighted by molar-refractivity contribution is 6.02. The van der Waals surface area contributed by atoms with E-state index >= 15 is 0 Å². The molecule has 0 unspecified atom stereocenters. The van der Waals surface area contributed by atoms with Crippen LogP contribution in [0.3, 0.4) is 0 Å². The van der Waals surface area contributed by atoms with Gasteiger partial charge in [-0.1, -0.05) is 30.3 Å². The van der Waals surface area contributed by atoms with E-state index in [1.54, 1.807) is 12.1 Å². The third kappa shape index (κ3) is 4.37. The first-order valence-electron chi connectivity index (χ1n) is 6.33. The Labute approximate surface area is 125 Å². The van der Waals surface area contributed by atoms with E-state index in [9.17, 15) is 18.0 Å². The Kier molecular flexibility index (Phi) is 5.19. The van der Waals surface area contributed by atoms with Gasteiger partial charge in [0.25, 0.3) is 0 Å². The first-order valence-corrected chi connectivity index (χ1v) is 6.33. The highest BCUT2D eigenvalue weighted by Gasteiger charge is 2.08. The molecule has 0 aromatic heterocycles. The topological polar surface area (TPSA) is 38.3 Å². The second-order valence-electron chi connectivity index (χ2n) is 4.22. The highest BCUT2D eigenvalue weighted by atomic mass is 19.3. The third-order valence-corrected chi connectivity index (χ3v) is 2.68. The van der Waals surface area contributed by atoms with Crippen molar-refractivity contribution in [1.82, 2.24) is 0 Å². The normalized spacial score (nSPS) is 10.9. The van der Waals surface area contributed by atoms with Crippen LogP contribution in [0.1, 0.15) is 5.56 Å². The first kappa shape index (κ1) is 15.6. The van der Waals surface area contributed by atoms with E-state index in [1.165, 1.54) is 42.5 Å². The first-order chi connectivity index (χ1) is 10.6. The number of anilines is 1. The summed E-state index contributed by atoms with van der Waals surface area (Å²) in [5.41, 5.74) is 0.348. The van der Waals surface area contributed by atoms with E-state index in [0.29, 0.717) is 5.56 Å². The fourth-order valence-corrected chi connectivity index (χ4v) is 1.72. The Morgan fingerprint density at radius 2 is 1.77 bits per heavy atom. The molecule has 0 heterocycles. The summed E-state index contributed by atoms with van der Waals surface area (Å²) in [5, 5.41) is 2.35. The van der Waals surface area contributed by atoms with Gasteiger partial charge in [-0.15, -0.1) is 0 Å². The van der Waals surface area contributed by atoms with Crippen LogP contribution in [-0.4, -0.2) is 12.5 Å². The monoisotopic (exact) mass is 307 g/mol. The molecule has 1 amide bonds. The van der Waals surface area contributed by atoms with Crippen LogP contribution in [0.25, 0.3) is 6.08 Å². The SMILES string of the molecule is O=C(C=Cc1ccccc1OC(F)F)Nc1ccccc1F. The second kappa shape index (κ2) is 7.31. The molecule has 0 bridgehead atoms. The molecule has 2 aromatic rings. The predicted molar refractivity (Wildman–Crippen MR) is 77.1 cm³/mol. The summed E-state index contributed by atoms with van der Waals surface area (Å²) in [7, 11) is 0. The molecule has 0 aliphatic heterocycles. The Morgan fingerprint density at radius 1 is 1.09 bits per heavy atom. The van der Waals surface area contributed by atoms with Gasteiger partial charge in [0, 0.05) is 11.6 Å². The maximum absolute atomic E-state index is 13.4. The van der Waals surface area contributed by atoms with Gasteiger partial charge in [0.15, 0.2) is 0 Å². The minimum absolute atomic E-state index is 0.0364. The number of ether oxygens (including phenoxy) is 1. The minimum atomic E-state index is -2.96. The van der Waals surface area contributed by atoms with E-state index < -0.39 is 18.3 Å². The largest absolute Gasteiger partial charge is 0.434 e. The molecule has 0 saturated heterocycles. The van der Waals surface area contributed by atoms with E-state index in [4.69, 9.17) is 0 Å². The van der Waals surface area contributed by atoms with Crippen molar-refractivity contribution in [3.8, 4) is 5.75 Å². The second-order valence-corrected chi connectivity index (χ2v) is 4.22. The van der Waals surface area contributed by atoms with Gasteiger partial charge in [0.1, 0.15) is 11.6 Å². The summed E-state index contributed by atoms with van der Waals surface area (Å²) in [6.45, 7) is -2.96. The number of nitrogens with one attached hydrogen (secondary N) is 1. The van der Waals surface area contributed by atoms with Crippen molar-refractivity contribution < 1.29 is 22.7 Å². The summed E-state index contributed by atoms with van der Waals surface area (Å²) in [6, 6.07) is 11.7. The van der Waals surface area contributed by atoms with Gasteiger partial charge in [-0.3, -0.25) is 4.79 Å². The van der Waals surface area contributed by atoms with Crippen LogP contribution in [0.2, 0.25) is 0 Å². The molecule has 0 radical (unpaired) electrons. The van der Waals surface area contributed by atoms with Gasteiger partial charge in [0.05, 0.1) is 5.69 Å². The van der Waals surface area contributed by atoms with Gasteiger partial charge in [-0.25, -0.2) is 4.39 Å². The number of alkyl halides is 2. The van der Waals surface area contributed by atoms with Crippen molar-refractivity contribution in [3.05, 3.63) is 66.0 Å². The molecule has 22 heavy (non-hydrogen) atoms. The average Bonchev–Trinajstić information content (AvgIpc) is 2.48. The number of rotatable bonds is 5. The lowest BCUT2D eigenvalue weighted by molar-refractivity contribution is -0.111. The van der Waals surface area contributed by atoms with E-state index in [2.05, 4.69) is 10.1 Å². The van der Waals surface area contributed by atoms with Crippen LogP contribution in [0.5, 0.6) is 5.75 Å². The van der Waals surface area contributed by atoms with Crippen LogP contribution >= 0.6 is 0 Å². The maximum atomic E-state index is 13.4. The number of hydrogen-bond acceptors (Lipinski definition) is 2. The molecule has 6 heteroatoms. The van der Waals surface area contributed by atoms with Crippen molar-refractivity contribution in [1.29, 1.82) is 0 Å². The van der Waals surface area contributed by atoms with Crippen molar-refractivity contribution in [2.75, 3.05) is 5.32 Å². The zero-order chi connectivity index (χ0) is 15.9. The summed E-state index contributed by atoms with van der Waals surface area (Å²) in [5.74, 6) is -1.20. The third-order valence-electron chi connectivity index (χ3n) is 2.68. The Balaban J connectivity index is 2.09. The van der Waals surface area contributed by atoms with Crippen LogP contribution < -0.4 is 10.1 Å². The van der Waals surface area contributed by atoms with Crippen molar-refractivity contribution in [3.63, 3.8) is 0 Å². The lowest BCUT2D eigenvalue weighted by Gasteiger charge is -2.07. The lowest BCUT2D eigenvalue weighted by Crippen LogP contribution is -2.09. The molecular weight excluding hydrogens is 295 g/mol. The van der Waals surface area contributed by atoms with Crippen LogP contribution in [0.4, 0.5) is 18.9 Å². The summed E-state index contributed by atoms with van der Waals surface area (Å²) in [6.07, 6.45) is 2.42. The van der Waals surface area contributed by atoms with Crippen molar-refractivity contribution in [2.45, 2.75) is 6.61 Å². The number of hydrogen-bond donors (Lipinski definition) is 1. The molecule has 0 atom stereocenters. The number of carbonyl (C=O) groups excluding carboxylic acids is 1. The molecule has 2 rings (SSSR count). The predicted octanol–water partition coefficient (Wildman–Crippen LogP) is 4.08. The summed E-state index contributed by atoms with van der Waals surface area (Å²) in [4.78, 5) is 11.7. The van der Waals surface area contributed by atoms with Crippen LogP contribution in [0.15, 0.2) is 54.6 Å². The molecule has 0 spiro atoms. The highest BCUT2D eigenvalue weighted by Crippen LogP contribution is 2.21. The molecule has 0 fully saturated rings. The van der Waals surface area contributed by atoms with E-state index in [0.717, 1.165) is 6.08 Å². The quantitative estimate of drug-likeness (QED) is 0.845. The molecule has 114 valence electrons. The van der Waals surface area contributed by atoms with E-state index in [1.807, 2.05) is 0 Å². The number of carbonyl (C=O) groups is 1. The minimum Gasteiger partial charge on any atom is -0.434 e. The standard InChI is InChI=1S/C16H12F3NO2/c17-12-6-2-3-7-13(12)20-15(21)10-9-11-5-1-4-8-14(11)22-16(18)19/h1-10,16H,(H,20,21). The number of halogens is 3. The Morgan fingerprint density at radius 3 is 2.50 bits per heavy atom. The van der Waals surface area contributed by atoms with Crippen LogP contribution in [0, 0.1) is 5.82 Å². The molecule has 3 nitrogen and oxygen atoms in total. The Hall–Kier alpha value is -2.76. The lowest BCUT2D eigenvalue weighted by atomic mass is 10.2. The van der Waals surface area contributed by atoms with Gasteiger partial charge < -0.3 is 10.1 Å². The number of para-hydroxylation sites is 2. The van der Waals surface area contributed by atoms with Gasteiger partial charge in [-0.2, -0.15) is 8.78 Å². The average molecular weight is 307 g/mol. The van der Waals surface area contributed by atoms with E-state index in [-0.39, 0.29) is 11.4 Å². The maximum Gasteiger partial charge on any atom is 0.387 e. The molecule has 1 N–H and O–H groups in total. The number of amides is 1. The van der Waals surface area contributed by atoms with Crippen molar-refractivity contribution >= 4 is 17.7 Å². The van der Waals surface area contributed by atoms with Gasteiger partial charge in [-0.05, 0) is 24.3 Å². The Bertz CT molecular complexity index is 687. The molecule has 2 aromatic carbocycles. The molecule has 0 aliphatic carbocycles. The van der Waals surface area contributed by atoms with Crippen molar-refractivity contribution in [2.24, 2.45) is 0 Å². The fourth-order valence-electron chi connectivity index (χ4n) is 1.72. The fraction of sp³-hybridized carbons (Fsp3) is 0.0625. The number of benzene rings is 2. The zero-order valence-corrected chi connectivity index (χ0v) is 11.3. The smallest absolute Gasteiger partial charge is 0.387 e. The van der Waals surface area contributed by atoms with Gasteiger partial charge in [0.2, 0.25) is 5.91 Å². The zero-order valence-electron chi connectivity index (χ0n) is 11.3. The molecule has 0 aliphatic rings. The molecule has 0 saturated carbocycles. The summed E-state index contributed by atoms with van der Waals surface area (Å²) >= 11 is 0. The van der Waals surface area contributed by atoms with Crippen LogP contribution in [-0.2, 0) is 4.79 Å².